The van der Waals surface area contributed by atoms with Crippen LogP contribution in [-0.4, -0.2) is 36.9 Å². The van der Waals surface area contributed by atoms with Crippen LogP contribution in [0.3, 0.4) is 0 Å². The van der Waals surface area contributed by atoms with Gasteiger partial charge in [-0.3, -0.25) is 0 Å². The van der Waals surface area contributed by atoms with Gasteiger partial charge in [-0.1, -0.05) is 0 Å². The fraction of sp³-hybridized carbons (Fsp3) is 0.643. The molecule has 1 aromatic heterocycles. The monoisotopic (exact) mass is 250 g/mol. The van der Waals surface area contributed by atoms with Crippen LogP contribution < -0.4 is 4.90 Å². The number of aliphatic hydroxyl groups excluding tert-OH is 1. The molecule has 4 heteroatoms. The first-order valence-corrected chi connectivity index (χ1v) is 6.55. The van der Waals surface area contributed by atoms with E-state index in [1.165, 1.54) is 0 Å². The molecule has 0 aromatic carbocycles. The molecule has 0 amide bonds. The number of hydrogen-bond donors (Lipinski definition) is 1. The predicted molar refractivity (Wildman–Crippen MR) is 71.7 cm³/mol. The Kier molecular flexibility index (Phi) is 4.55. The molecule has 0 spiro atoms. The van der Waals surface area contributed by atoms with Crippen LogP contribution in [0, 0.1) is 12.8 Å². The molecule has 2 heterocycles. The molecule has 0 atom stereocenters. The summed E-state index contributed by atoms with van der Waals surface area (Å²) in [7, 11) is 1.77. The Morgan fingerprint density at radius 2 is 2.17 bits per heavy atom. The molecule has 1 aliphatic heterocycles. The van der Waals surface area contributed by atoms with Crippen LogP contribution in [0.1, 0.15) is 24.0 Å². The van der Waals surface area contributed by atoms with Gasteiger partial charge in [0.15, 0.2) is 0 Å². The number of ether oxygens (including phenoxy) is 1. The minimum Gasteiger partial charge on any atom is -0.392 e. The first-order valence-electron chi connectivity index (χ1n) is 6.55. The maximum atomic E-state index is 9.09. The van der Waals surface area contributed by atoms with Gasteiger partial charge in [-0.25, -0.2) is 4.98 Å². The summed E-state index contributed by atoms with van der Waals surface area (Å²) in [6, 6.07) is 2.02. The van der Waals surface area contributed by atoms with Crippen LogP contribution in [0.2, 0.25) is 0 Å². The van der Waals surface area contributed by atoms with Crippen molar-refractivity contribution >= 4 is 5.82 Å². The van der Waals surface area contributed by atoms with Gasteiger partial charge in [0.2, 0.25) is 0 Å². The van der Waals surface area contributed by atoms with E-state index in [0.717, 1.165) is 49.5 Å². The number of hydrogen-bond acceptors (Lipinski definition) is 4. The van der Waals surface area contributed by atoms with Crippen LogP contribution in [0.15, 0.2) is 12.3 Å². The van der Waals surface area contributed by atoms with Crippen LogP contribution in [0.25, 0.3) is 0 Å². The molecule has 1 saturated heterocycles. The molecule has 100 valence electrons. The number of anilines is 1. The molecule has 2 rings (SSSR count). The van der Waals surface area contributed by atoms with Crippen molar-refractivity contribution in [2.45, 2.75) is 26.4 Å². The fourth-order valence-electron chi connectivity index (χ4n) is 2.59. The Bertz CT molecular complexity index is 387. The standard InChI is InChI=1S/C14H22N2O2/c1-11-7-13(9-17)8-15-14(11)16-5-3-12(4-6-16)10-18-2/h7-8,12,17H,3-6,9-10H2,1-2H3. The van der Waals surface area contributed by atoms with Gasteiger partial charge in [0.1, 0.15) is 5.82 Å². The van der Waals surface area contributed by atoms with Crippen molar-refractivity contribution < 1.29 is 9.84 Å². The fourth-order valence-corrected chi connectivity index (χ4v) is 2.59. The van der Waals surface area contributed by atoms with E-state index in [1.54, 1.807) is 13.3 Å². The molecule has 0 saturated carbocycles. The minimum atomic E-state index is 0.0596. The second-order valence-corrected chi connectivity index (χ2v) is 5.03. The molecule has 18 heavy (non-hydrogen) atoms. The molecule has 0 bridgehead atoms. The lowest BCUT2D eigenvalue weighted by atomic mass is 9.97. The van der Waals surface area contributed by atoms with E-state index in [9.17, 15) is 0 Å². The van der Waals surface area contributed by atoms with Gasteiger partial charge >= 0.3 is 0 Å². The highest BCUT2D eigenvalue weighted by atomic mass is 16.5. The lowest BCUT2D eigenvalue weighted by Gasteiger charge is -2.33. The van der Waals surface area contributed by atoms with E-state index in [1.807, 2.05) is 6.07 Å². The quantitative estimate of drug-likeness (QED) is 0.884. The summed E-state index contributed by atoms with van der Waals surface area (Å²) in [6.45, 7) is 5.07. The van der Waals surface area contributed by atoms with Crippen LogP contribution >= 0.6 is 0 Å². The van der Waals surface area contributed by atoms with Crippen molar-refractivity contribution in [3.05, 3.63) is 23.4 Å². The number of pyridine rings is 1. The second kappa shape index (κ2) is 6.16. The second-order valence-electron chi connectivity index (χ2n) is 5.03. The molecule has 0 unspecified atom stereocenters. The molecule has 1 N–H and O–H groups in total. The van der Waals surface area contributed by atoms with Crippen molar-refractivity contribution in [2.75, 3.05) is 31.7 Å². The Labute approximate surface area is 109 Å². The van der Waals surface area contributed by atoms with Gasteiger partial charge in [-0.2, -0.15) is 0 Å². The molecule has 0 radical (unpaired) electrons. The maximum absolute atomic E-state index is 9.09. The average Bonchev–Trinajstić information content (AvgIpc) is 2.40. The number of methoxy groups -OCH3 is 1. The Hall–Kier alpha value is -1.13. The summed E-state index contributed by atoms with van der Waals surface area (Å²) in [5.74, 6) is 1.74. The Balaban J connectivity index is 2.01. The topological polar surface area (TPSA) is 45.6 Å². The van der Waals surface area contributed by atoms with Crippen molar-refractivity contribution in [2.24, 2.45) is 5.92 Å². The van der Waals surface area contributed by atoms with Gasteiger partial charge in [-0.15, -0.1) is 0 Å². The average molecular weight is 250 g/mol. The number of aromatic nitrogens is 1. The van der Waals surface area contributed by atoms with Crippen molar-refractivity contribution in [1.29, 1.82) is 0 Å². The number of nitrogens with zero attached hydrogens (tertiary/aromatic N) is 2. The first kappa shape index (κ1) is 13.3. The summed E-state index contributed by atoms with van der Waals surface area (Å²) in [5.41, 5.74) is 2.03. The third kappa shape index (κ3) is 3.00. The van der Waals surface area contributed by atoms with Crippen molar-refractivity contribution in [1.82, 2.24) is 4.98 Å². The number of aryl methyl sites for hydroxylation is 1. The summed E-state index contributed by atoms with van der Waals surface area (Å²) in [4.78, 5) is 6.81. The number of aliphatic hydroxyl groups is 1. The maximum Gasteiger partial charge on any atom is 0.131 e. The third-order valence-corrected chi connectivity index (χ3v) is 3.61. The molecular formula is C14H22N2O2. The summed E-state index contributed by atoms with van der Waals surface area (Å²) < 4.78 is 5.21. The Morgan fingerprint density at radius 3 is 2.72 bits per heavy atom. The van der Waals surface area contributed by atoms with E-state index < -0.39 is 0 Å². The minimum absolute atomic E-state index is 0.0596. The zero-order valence-electron chi connectivity index (χ0n) is 11.2. The first-order chi connectivity index (χ1) is 8.74. The van der Waals surface area contributed by atoms with Gasteiger partial charge in [0, 0.05) is 33.0 Å². The van der Waals surface area contributed by atoms with E-state index in [-0.39, 0.29) is 6.61 Å². The molecule has 0 aliphatic carbocycles. The van der Waals surface area contributed by atoms with Crippen molar-refractivity contribution in [3.63, 3.8) is 0 Å². The molecule has 4 nitrogen and oxygen atoms in total. The highest BCUT2D eigenvalue weighted by molar-refractivity contribution is 5.47. The zero-order valence-corrected chi connectivity index (χ0v) is 11.2. The van der Waals surface area contributed by atoms with E-state index in [4.69, 9.17) is 9.84 Å². The molecule has 1 aliphatic rings. The van der Waals surface area contributed by atoms with Gasteiger partial charge < -0.3 is 14.7 Å². The van der Waals surface area contributed by atoms with Gasteiger partial charge in [-0.05, 0) is 42.9 Å². The molecule has 1 fully saturated rings. The summed E-state index contributed by atoms with van der Waals surface area (Å²) >= 11 is 0. The molecular weight excluding hydrogens is 228 g/mol. The number of piperidine rings is 1. The Morgan fingerprint density at radius 1 is 1.44 bits per heavy atom. The largest absolute Gasteiger partial charge is 0.392 e. The van der Waals surface area contributed by atoms with Crippen LogP contribution in [-0.2, 0) is 11.3 Å². The lowest BCUT2D eigenvalue weighted by Crippen LogP contribution is -2.36. The normalized spacial score (nSPS) is 17.2. The van der Waals surface area contributed by atoms with Gasteiger partial charge in [0.05, 0.1) is 6.61 Å². The van der Waals surface area contributed by atoms with E-state index in [0.29, 0.717) is 5.92 Å². The smallest absolute Gasteiger partial charge is 0.131 e. The third-order valence-electron chi connectivity index (χ3n) is 3.61. The highest BCUT2D eigenvalue weighted by Crippen LogP contribution is 2.24. The van der Waals surface area contributed by atoms with Crippen LogP contribution in [0.5, 0.6) is 0 Å². The summed E-state index contributed by atoms with van der Waals surface area (Å²) in [5, 5.41) is 9.09. The van der Waals surface area contributed by atoms with E-state index in [2.05, 4.69) is 16.8 Å². The molecule has 1 aromatic rings. The van der Waals surface area contributed by atoms with E-state index >= 15 is 0 Å². The predicted octanol–water partition coefficient (Wildman–Crippen LogP) is 1.75. The lowest BCUT2D eigenvalue weighted by molar-refractivity contribution is 0.139. The number of rotatable bonds is 4. The summed E-state index contributed by atoms with van der Waals surface area (Å²) in [6.07, 6.45) is 4.09. The zero-order chi connectivity index (χ0) is 13.0. The SMILES string of the molecule is COCC1CCN(c2ncc(CO)cc2C)CC1. The van der Waals surface area contributed by atoms with Crippen molar-refractivity contribution in [3.8, 4) is 0 Å². The van der Waals surface area contributed by atoms with Gasteiger partial charge in [0.25, 0.3) is 0 Å². The highest BCUT2D eigenvalue weighted by Gasteiger charge is 2.21. The van der Waals surface area contributed by atoms with Crippen LogP contribution in [0.4, 0.5) is 5.82 Å².